The lowest BCUT2D eigenvalue weighted by atomic mass is 10.00. The Hall–Kier alpha value is -2.05. The lowest BCUT2D eigenvalue weighted by Gasteiger charge is -2.25. The standard InChI is InChI=1S/C17H21FN4O/c1-23-9-8-22-7-3-6-15(22)16-14(11-20-17(19)21-16)12-4-2-5-13(18)10-12/h2,4-5,10-11,15H,3,6-9H2,1H3,(H2,19,20,21)/t15-/m0/s1. The lowest BCUT2D eigenvalue weighted by molar-refractivity contribution is 0.140. The minimum absolute atomic E-state index is 0.161. The molecular weight excluding hydrogens is 295 g/mol. The van der Waals surface area contributed by atoms with E-state index in [4.69, 9.17) is 10.5 Å². The second-order valence-electron chi connectivity index (χ2n) is 5.72. The van der Waals surface area contributed by atoms with Crippen molar-refractivity contribution in [3.05, 3.63) is 42.0 Å². The van der Waals surface area contributed by atoms with E-state index in [0.29, 0.717) is 6.61 Å². The van der Waals surface area contributed by atoms with Gasteiger partial charge in [-0.05, 0) is 37.1 Å². The van der Waals surface area contributed by atoms with Gasteiger partial charge in [-0.1, -0.05) is 12.1 Å². The van der Waals surface area contributed by atoms with Crippen molar-refractivity contribution in [3.8, 4) is 11.1 Å². The van der Waals surface area contributed by atoms with Crippen LogP contribution in [0.5, 0.6) is 0 Å². The monoisotopic (exact) mass is 316 g/mol. The third kappa shape index (κ3) is 3.48. The van der Waals surface area contributed by atoms with Gasteiger partial charge in [0.2, 0.25) is 5.95 Å². The molecule has 2 heterocycles. The van der Waals surface area contributed by atoms with Gasteiger partial charge in [-0.3, -0.25) is 4.90 Å². The molecule has 0 spiro atoms. The van der Waals surface area contributed by atoms with E-state index >= 15 is 0 Å². The quantitative estimate of drug-likeness (QED) is 0.918. The maximum absolute atomic E-state index is 13.6. The first-order valence-electron chi connectivity index (χ1n) is 7.80. The zero-order valence-corrected chi connectivity index (χ0v) is 13.2. The van der Waals surface area contributed by atoms with Gasteiger partial charge in [0, 0.05) is 25.4 Å². The van der Waals surface area contributed by atoms with Gasteiger partial charge in [0.1, 0.15) is 5.82 Å². The number of nitrogens with zero attached hydrogens (tertiary/aromatic N) is 3. The van der Waals surface area contributed by atoms with Gasteiger partial charge >= 0.3 is 0 Å². The maximum Gasteiger partial charge on any atom is 0.220 e. The smallest absolute Gasteiger partial charge is 0.220 e. The highest BCUT2D eigenvalue weighted by Gasteiger charge is 2.29. The number of rotatable bonds is 5. The van der Waals surface area contributed by atoms with Crippen molar-refractivity contribution in [3.63, 3.8) is 0 Å². The van der Waals surface area contributed by atoms with E-state index in [0.717, 1.165) is 42.8 Å². The topological polar surface area (TPSA) is 64.3 Å². The normalized spacial score (nSPS) is 18.4. The SMILES string of the molecule is COCCN1CCC[C@H]1c1nc(N)ncc1-c1cccc(F)c1. The molecule has 1 aromatic heterocycles. The van der Waals surface area contributed by atoms with Gasteiger partial charge in [0.15, 0.2) is 0 Å². The Labute approximate surface area is 135 Å². The van der Waals surface area contributed by atoms with Gasteiger partial charge in [0.25, 0.3) is 0 Å². The second-order valence-corrected chi connectivity index (χ2v) is 5.72. The van der Waals surface area contributed by atoms with Crippen molar-refractivity contribution in [2.75, 3.05) is 32.5 Å². The van der Waals surface area contributed by atoms with Gasteiger partial charge < -0.3 is 10.5 Å². The third-order valence-electron chi connectivity index (χ3n) is 4.23. The van der Waals surface area contributed by atoms with Crippen molar-refractivity contribution in [1.82, 2.24) is 14.9 Å². The maximum atomic E-state index is 13.6. The van der Waals surface area contributed by atoms with Crippen LogP contribution < -0.4 is 5.73 Å². The predicted molar refractivity (Wildman–Crippen MR) is 87.3 cm³/mol. The van der Waals surface area contributed by atoms with Crippen LogP contribution in [0.4, 0.5) is 10.3 Å². The molecule has 1 aromatic carbocycles. The molecule has 0 unspecified atom stereocenters. The molecule has 2 N–H and O–H groups in total. The molecule has 0 bridgehead atoms. The molecule has 0 radical (unpaired) electrons. The zero-order chi connectivity index (χ0) is 16.2. The number of anilines is 1. The molecule has 3 rings (SSSR count). The first-order chi connectivity index (χ1) is 11.2. The molecule has 6 heteroatoms. The van der Waals surface area contributed by atoms with E-state index in [1.54, 1.807) is 19.4 Å². The highest BCUT2D eigenvalue weighted by Crippen LogP contribution is 2.36. The Balaban J connectivity index is 1.99. The largest absolute Gasteiger partial charge is 0.383 e. The lowest BCUT2D eigenvalue weighted by Crippen LogP contribution is -2.28. The Morgan fingerprint density at radius 2 is 2.30 bits per heavy atom. The minimum Gasteiger partial charge on any atom is -0.383 e. The summed E-state index contributed by atoms with van der Waals surface area (Å²) in [4.78, 5) is 10.9. The van der Waals surface area contributed by atoms with E-state index in [9.17, 15) is 4.39 Å². The molecule has 0 amide bonds. The predicted octanol–water partition coefficient (Wildman–Crippen LogP) is 2.65. The number of aromatic nitrogens is 2. The fourth-order valence-electron chi connectivity index (χ4n) is 3.15. The number of methoxy groups -OCH3 is 1. The summed E-state index contributed by atoms with van der Waals surface area (Å²) in [7, 11) is 1.70. The second kappa shape index (κ2) is 7.02. The van der Waals surface area contributed by atoms with E-state index in [1.807, 2.05) is 6.07 Å². The molecule has 0 aliphatic carbocycles. The Bertz CT molecular complexity index is 679. The summed E-state index contributed by atoms with van der Waals surface area (Å²) in [6.07, 6.45) is 3.79. The van der Waals surface area contributed by atoms with Crippen molar-refractivity contribution in [2.45, 2.75) is 18.9 Å². The first-order valence-corrected chi connectivity index (χ1v) is 7.80. The number of hydrogen-bond donors (Lipinski definition) is 1. The Kier molecular flexibility index (Phi) is 4.83. The summed E-state index contributed by atoms with van der Waals surface area (Å²) < 4.78 is 18.8. The van der Waals surface area contributed by atoms with Crippen LogP contribution in [-0.4, -0.2) is 41.7 Å². The third-order valence-corrected chi connectivity index (χ3v) is 4.23. The van der Waals surface area contributed by atoms with E-state index in [2.05, 4.69) is 14.9 Å². The highest BCUT2D eigenvalue weighted by molar-refractivity contribution is 5.66. The highest BCUT2D eigenvalue weighted by atomic mass is 19.1. The van der Waals surface area contributed by atoms with Gasteiger partial charge in [-0.25, -0.2) is 14.4 Å². The summed E-state index contributed by atoms with van der Waals surface area (Å²) in [5.41, 5.74) is 8.30. The number of likely N-dealkylation sites (tertiary alicyclic amines) is 1. The molecule has 2 aromatic rings. The van der Waals surface area contributed by atoms with Gasteiger partial charge in [-0.2, -0.15) is 0 Å². The molecule has 0 saturated carbocycles. The average Bonchev–Trinajstić information content (AvgIpc) is 3.01. The Morgan fingerprint density at radius 3 is 3.09 bits per heavy atom. The summed E-state index contributed by atoms with van der Waals surface area (Å²) in [5, 5.41) is 0. The van der Waals surface area contributed by atoms with Crippen LogP contribution in [-0.2, 0) is 4.74 Å². The van der Waals surface area contributed by atoms with Crippen molar-refractivity contribution in [2.24, 2.45) is 0 Å². The van der Waals surface area contributed by atoms with Crippen LogP contribution >= 0.6 is 0 Å². The average molecular weight is 316 g/mol. The van der Waals surface area contributed by atoms with Gasteiger partial charge in [-0.15, -0.1) is 0 Å². The van der Waals surface area contributed by atoms with Crippen LogP contribution in [0.1, 0.15) is 24.6 Å². The van der Waals surface area contributed by atoms with Gasteiger partial charge in [0.05, 0.1) is 18.3 Å². The van der Waals surface area contributed by atoms with E-state index in [1.165, 1.54) is 12.1 Å². The molecule has 23 heavy (non-hydrogen) atoms. The summed E-state index contributed by atoms with van der Waals surface area (Å²) in [5.74, 6) is -0.0216. The van der Waals surface area contributed by atoms with Crippen LogP contribution in [0.25, 0.3) is 11.1 Å². The molecular formula is C17H21FN4O. The fourth-order valence-corrected chi connectivity index (χ4v) is 3.15. The molecule has 5 nitrogen and oxygen atoms in total. The first kappa shape index (κ1) is 15.8. The number of ether oxygens (including phenoxy) is 1. The fraction of sp³-hybridized carbons (Fsp3) is 0.412. The molecule has 1 saturated heterocycles. The molecule has 1 fully saturated rings. The van der Waals surface area contributed by atoms with E-state index in [-0.39, 0.29) is 17.8 Å². The van der Waals surface area contributed by atoms with Crippen molar-refractivity contribution in [1.29, 1.82) is 0 Å². The number of hydrogen-bond acceptors (Lipinski definition) is 5. The summed E-state index contributed by atoms with van der Waals surface area (Å²) in [6.45, 7) is 2.51. The summed E-state index contributed by atoms with van der Waals surface area (Å²) in [6, 6.07) is 6.67. The van der Waals surface area contributed by atoms with Crippen molar-refractivity contribution >= 4 is 5.95 Å². The number of nitrogens with two attached hydrogens (primary N) is 1. The van der Waals surface area contributed by atoms with Crippen LogP contribution in [0.2, 0.25) is 0 Å². The molecule has 1 atom stereocenters. The van der Waals surface area contributed by atoms with Crippen molar-refractivity contribution < 1.29 is 9.13 Å². The van der Waals surface area contributed by atoms with Crippen LogP contribution in [0.3, 0.4) is 0 Å². The number of nitrogen functional groups attached to an aromatic ring is 1. The summed E-state index contributed by atoms with van der Waals surface area (Å²) >= 11 is 0. The molecule has 1 aliphatic heterocycles. The number of benzene rings is 1. The molecule has 122 valence electrons. The number of halogens is 1. The van der Waals surface area contributed by atoms with E-state index < -0.39 is 0 Å². The molecule has 1 aliphatic rings. The zero-order valence-electron chi connectivity index (χ0n) is 13.2. The minimum atomic E-state index is -0.270. The van der Waals surface area contributed by atoms with Crippen LogP contribution in [0.15, 0.2) is 30.5 Å². The Morgan fingerprint density at radius 1 is 1.43 bits per heavy atom. The van der Waals surface area contributed by atoms with Crippen LogP contribution in [0, 0.1) is 5.82 Å².